The average Bonchev–Trinajstić information content (AvgIpc) is 2.50. The van der Waals surface area contributed by atoms with Crippen molar-refractivity contribution in [1.82, 2.24) is 9.55 Å². The molecule has 0 aliphatic rings. The summed E-state index contributed by atoms with van der Waals surface area (Å²) in [5, 5.41) is 0.752. The van der Waals surface area contributed by atoms with Crippen LogP contribution < -0.4 is 5.56 Å². The molecule has 4 nitrogen and oxygen atoms in total. The van der Waals surface area contributed by atoms with Crippen molar-refractivity contribution < 1.29 is 9.18 Å². The molecule has 0 bridgehead atoms. The third-order valence-electron chi connectivity index (χ3n) is 3.25. The molecule has 0 saturated carbocycles. The monoisotopic (exact) mass is 316 g/mol. The number of benzene rings is 2. The third kappa shape index (κ3) is 2.76. The topological polar surface area (TPSA) is 52.0 Å². The summed E-state index contributed by atoms with van der Waals surface area (Å²) in [6.45, 7) is -0.211. The van der Waals surface area contributed by atoms with Gasteiger partial charge in [-0.3, -0.25) is 14.2 Å². The summed E-state index contributed by atoms with van der Waals surface area (Å²) >= 11 is 5.88. The van der Waals surface area contributed by atoms with E-state index in [0.29, 0.717) is 15.9 Å². The molecular weight excluding hydrogens is 307 g/mol. The molecule has 2 aromatic carbocycles. The highest BCUT2D eigenvalue weighted by Crippen LogP contribution is 2.14. The Morgan fingerprint density at radius 3 is 2.82 bits per heavy atom. The quantitative estimate of drug-likeness (QED) is 0.698. The Bertz CT molecular complexity index is 937. The van der Waals surface area contributed by atoms with Crippen molar-refractivity contribution in [2.75, 3.05) is 0 Å². The summed E-state index contributed by atoms with van der Waals surface area (Å²) in [6.07, 6.45) is 1.30. The summed E-state index contributed by atoms with van der Waals surface area (Å²) in [7, 11) is 0. The number of hydrogen-bond acceptors (Lipinski definition) is 3. The zero-order chi connectivity index (χ0) is 15.7. The Morgan fingerprint density at radius 2 is 2.05 bits per heavy atom. The number of nitrogens with zero attached hydrogens (tertiary/aromatic N) is 2. The maximum atomic E-state index is 13.2. The molecule has 0 radical (unpaired) electrons. The van der Waals surface area contributed by atoms with Gasteiger partial charge in [0.1, 0.15) is 5.82 Å². The van der Waals surface area contributed by atoms with Gasteiger partial charge in [0.25, 0.3) is 5.56 Å². The van der Waals surface area contributed by atoms with E-state index in [0.717, 1.165) is 6.07 Å². The van der Waals surface area contributed by atoms with E-state index in [2.05, 4.69) is 4.98 Å². The van der Waals surface area contributed by atoms with Gasteiger partial charge < -0.3 is 0 Å². The van der Waals surface area contributed by atoms with Crippen LogP contribution in [0.4, 0.5) is 4.39 Å². The maximum Gasteiger partial charge on any atom is 0.261 e. The van der Waals surface area contributed by atoms with Gasteiger partial charge in [-0.25, -0.2) is 9.37 Å². The standard InChI is InChI=1S/C16H10ClFN2O2/c17-11-4-5-14-13(7-11)16(22)20(9-19-14)8-15(21)10-2-1-3-12(18)6-10/h1-7,9H,8H2. The second kappa shape index (κ2) is 5.69. The highest BCUT2D eigenvalue weighted by molar-refractivity contribution is 6.31. The summed E-state index contributed by atoms with van der Waals surface area (Å²) < 4.78 is 14.3. The van der Waals surface area contributed by atoms with E-state index in [4.69, 9.17) is 11.6 Å². The van der Waals surface area contributed by atoms with E-state index in [1.54, 1.807) is 12.1 Å². The number of aromatic nitrogens is 2. The van der Waals surface area contributed by atoms with Crippen LogP contribution in [-0.4, -0.2) is 15.3 Å². The molecule has 3 aromatic rings. The number of carbonyl (C=O) groups is 1. The smallest absolute Gasteiger partial charge is 0.261 e. The molecule has 0 aliphatic carbocycles. The van der Waals surface area contributed by atoms with Crippen LogP contribution >= 0.6 is 11.6 Å². The number of ketones is 1. The van der Waals surface area contributed by atoms with E-state index in [9.17, 15) is 14.0 Å². The number of Topliss-reactive ketones (excluding diaryl/α,β-unsaturated/α-hetero) is 1. The minimum Gasteiger partial charge on any atom is -0.292 e. The van der Waals surface area contributed by atoms with Crippen molar-refractivity contribution in [3.05, 3.63) is 75.5 Å². The molecule has 0 fully saturated rings. The lowest BCUT2D eigenvalue weighted by Crippen LogP contribution is -2.24. The molecular formula is C16H10ClFN2O2. The minimum atomic E-state index is -0.499. The SMILES string of the molecule is O=C(Cn1cnc2ccc(Cl)cc2c1=O)c1cccc(F)c1. The summed E-state index contributed by atoms with van der Waals surface area (Å²) in [5.41, 5.74) is 0.346. The van der Waals surface area contributed by atoms with Crippen LogP contribution in [0, 0.1) is 5.82 Å². The van der Waals surface area contributed by atoms with Crippen LogP contribution in [-0.2, 0) is 6.54 Å². The van der Waals surface area contributed by atoms with Crippen LogP contribution in [0.3, 0.4) is 0 Å². The van der Waals surface area contributed by atoms with Gasteiger partial charge in [-0.2, -0.15) is 0 Å². The lowest BCUT2D eigenvalue weighted by atomic mass is 10.1. The first kappa shape index (κ1) is 14.4. The largest absolute Gasteiger partial charge is 0.292 e. The maximum absolute atomic E-state index is 13.2. The first-order valence-corrected chi connectivity index (χ1v) is 6.86. The summed E-state index contributed by atoms with van der Waals surface area (Å²) in [4.78, 5) is 28.6. The number of carbonyl (C=O) groups excluding carboxylic acids is 1. The zero-order valence-corrected chi connectivity index (χ0v) is 12.0. The van der Waals surface area contributed by atoms with Crippen molar-refractivity contribution in [3.8, 4) is 0 Å². The van der Waals surface area contributed by atoms with Crippen LogP contribution in [0.2, 0.25) is 5.02 Å². The van der Waals surface area contributed by atoms with Gasteiger partial charge in [0, 0.05) is 10.6 Å². The van der Waals surface area contributed by atoms with E-state index in [1.807, 2.05) is 0 Å². The molecule has 0 amide bonds. The molecule has 22 heavy (non-hydrogen) atoms. The molecule has 3 rings (SSSR count). The second-order valence-electron chi connectivity index (χ2n) is 4.77. The van der Waals surface area contributed by atoms with Crippen molar-refractivity contribution >= 4 is 28.3 Å². The zero-order valence-electron chi connectivity index (χ0n) is 11.3. The molecule has 0 aliphatic heterocycles. The number of fused-ring (bicyclic) bond motifs is 1. The van der Waals surface area contributed by atoms with Gasteiger partial charge in [-0.05, 0) is 30.3 Å². The van der Waals surface area contributed by atoms with E-state index >= 15 is 0 Å². The summed E-state index contributed by atoms with van der Waals surface area (Å²) in [6, 6.07) is 10.1. The number of hydrogen-bond donors (Lipinski definition) is 0. The number of rotatable bonds is 3. The van der Waals surface area contributed by atoms with E-state index in [1.165, 1.54) is 35.2 Å². The van der Waals surface area contributed by atoms with Crippen molar-refractivity contribution in [1.29, 1.82) is 0 Å². The van der Waals surface area contributed by atoms with Crippen molar-refractivity contribution in [2.45, 2.75) is 6.54 Å². The van der Waals surface area contributed by atoms with Gasteiger partial charge in [-0.15, -0.1) is 0 Å². The van der Waals surface area contributed by atoms with Crippen molar-refractivity contribution in [3.63, 3.8) is 0 Å². The van der Waals surface area contributed by atoms with Gasteiger partial charge in [0.15, 0.2) is 5.78 Å². The first-order valence-electron chi connectivity index (χ1n) is 6.48. The van der Waals surface area contributed by atoms with Crippen LogP contribution in [0.15, 0.2) is 53.6 Å². The fourth-order valence-corrected chi connectivity index (χ4v) is 2.32. The summed E-state index contributed by atoms with van der Waals surface area (Å²) in [5.74, 6) is -0.869. The first-order chi connectivity index (χ1) is 10.5. The highest BCUT2D eigenvalue weighted by atomic mass is 35.5. The average molecular weight is 317 g/mol. The molecule has 0 N–H and O–H groups in total. The lowest BCUT2D eigenvalue weighted by molar-refractivity contribution is 0.0970. The predicted octanol–water partition coefficient (Wildman–Crippen LogP) is 3.07. The minimum absolute atomic E-state index is 0.207. The predicted molar refractivity (Wildman–Crippen MR) is 81.7 cm³/mol. The third-order valence-corrected chi connectivity index (χ3v) is 3.48. The fraction of sp³-hybridized carbons (Fsp3) is 0.0625. The van der Waals surface area contributed by atoms with Crippen LogP contribution in [0.1, 0.15) is 10.4 Å². The molecule has 6 heteroatoms. The molecule has 1 aromatic heterocycles. The van der Waals surface area contributed by atoms with Gasteiger partial charge in [0.2, 0.25) is 0 Å². The normalized spacial score (nSPS) is 10.8. The highest BCUT2D eigenvalue weighted by Gasteiger charge is 2.11. The molecule has 110 valence electrons. The molecule has 1 heterocycles. The van der Waals surface area contributed by atoms with Crippen molar-refractivity contribution in [2.24, 2.45) is 0 Å². The van der Waals surface area contributed by atoms with Gasteiger partial charge in [-0.1, -0.05) is 23.7 Å². The van der Waals surface area contributed by atoms with Crippen LogP contribution in [0.25, 0.3) is 10.9 Å². The Kier molecular flexibility index (Phi) is 3.73. The molecule has 0 unspecified atom stereocenters. The van der Waals surface area contributed by atoms with Crippen LogP contribution in [0.5, 0.6) is 0 Å². The second-order valence-corrected chi connectivity index (χ2v) is 5.21. The van der Waals surface area contributed by atoms with E-state index < -0.39 is 5.82 Å². The Labute approximate surface area is 129 Å². The molecule has 0 saturated heterocycles. The van der Waals surface area contributed by atoms with Gasteiger partial charge >= 0.3 is 0 Å². The fourth-order valence-electron chi connectivity index (χ4n) is 2.15. The lowest BCUT2D eigenvalue weighted by Gasteiger charge is -2.06. The van der Waals surface area contributed by atoms with E-state index in [-0.39, 0.29) is 23.5 Å². The molecule has 0 atom stereocenters. The Morgan fingerprint density at radius 1 is 1.23 bits per heavy atom. The van der Waals surface area contributed by atoms with Gasteiger partial charge in [0.05, 0.1) is 23.8 Å². The Balaban J connectivity index is 1.99. The molecule has 0 spiro atoms. The number of halogens is 2. The Hall–Kier alpha value is -2.53.